The summed E-state index contributed by atoms with van der Waals surface area (Å²) in [6.45, 7) is -0.186. The van der Waals surface area contributed by atoms with Gasteiger partial charge in [-0.1, -0.05) is 23.2 Å². The fourth-order valence-corrected chi connectivity index (χ4v) is 2.31. The Morgan fingerprint density at radius 3 is 2.62 bits per heavy atom. The number of carbonyl (C=O) groups is 1. The van der Waals surface area contributed by atoms with E-state index in [4.69, 9.17) is 27.9 Å². The van der Waals surface area contributed by atoms with Crippen LogP contribution in [0.3, 0.4) is 0 Å². The normalized spacial score (nSPS) is 10.5. The molecule has 0 aliphatic rings. The van der Waals surface area contributed by atoms with Gasteiger partial charge in [-0.15, -0.1) is 0 Å². The Morgan fingerprint density at radius 2 is 2.10 bits per heavy atom. The molecule has 0 saturated carbocycles. The van der Waals surface area contributed by atoms with Gasteiger partial charge in [0.2, 0.25) is 0 Å². The summed E-state index contributed by atoms with van der Waals surface area (Å²) in [4.78, 5) is 12.2. The average molecular weight is 329 g/mol. The van der Waals surface area contributed by atoms with Crippen LogP contribution in [-0.2, 0) is 13.7 Å². The van der Waals surface area contributed by atoms with Crippen LogP contribution >= 0.6 is 23.2 Å². The first-order valence-corrected chi connectivity index (χ1v) is 6.83. The number of aromatic nitrogens is 1. The van der Waals surface area contributed by atoms with Crippen LogP contribution in [0.4, 0.5) is 5.69 Å². The van der Waals surface area contributed by atoms with Gasteiger partial charge in [-0.2, -0.15) is 0 Å². The molecule has 2 aromatic rings. The third-order valence-electron chi connectivity index (χ3n) is 3.06. The molecule has 0 radical (unpaired) electrons. The number of anilines is 1. The largest absolute Gasteiger partial charge is 0.496 e. The van der Waals surface area contributed by atoms with Crippen molar-refractivity contribution in [1.82, 2.24) is 4.57 Å². The smallest absolute Gasteiger partial charge is 0.272 e. The van der Waals surface area contributed by atoms with Crippen LogP contribution < -0.4 is 10.1 Å². The summed E-state index contributed by atoms with van der Waals surface area (Å²) in [5, 5.41) is 12.6. The predicted molar refractivity (Wildman–Crippen MR) is 82.3 cm³/mol. The van der Waals surface area contributed by atoms with Gasteiger partial charge in [0, 0.05) is 18.3 Å². The van der Waals surface area contributed by atoms with Crippen LogP contribution in [0.15, 0.2) is 24.3 Å². The maximum absolute atomic E-state index is 12.2. The van der Waals surface area contributed by atoms with E-state index in [2.05, 4.69) is 5.32 Å². The van der Waals surface area contributed by atoms with Gasteiger partial charge in [0.25, 0.3) is 5.91 Å². The fourth-order valence-electron chi connectivity index (χ4n) is 1.94. The molecule has 21 heavy (non-hydrogen) atoms. The quantitative estimate of drug-likeness (QED) is 0.906. The summed E-state index contributed by atoms with van der Waals surface area (Å²) >= 11 is 11.8. The molecule has 1 aromatic carbocycles. The van der Waals surface area contributed by atoms with Crippen molar-refractivity contribution in [1.29, 1.82) is 0 Å². The van der Waals surface area contributed by atoms with Crippen molar-refractivity contribution in [3.05, 3.63) is 45.7 Å². The molecule has 0 unspecified atom stereocenters. The lowest BCUT2D eigenvalue weighted by molar-refractivity contribution is 0.101. The number of hydrogen-bond acceptors (Lipinski definition) is 3. The van der Waals surface area contributed by atoms with Gasteiger partial charge in [-0.3, -0.25) is 4.79 Å². The monoisotopic (exact) mass is 328 g/mol. The van der Waals surface area contributed by atoms with Gasteiger partial charge >= 0.3 is 0 Å². The van der Waals surface area contributed by atoms with Gasteiger partial charge < -0.3 is 19.7 Å². The van der Waals surface area contributed by atoms with Crippen LogP contribution in [0.2, 0.25) is 10.2 Å². The van der Waals surface area contributed by atoms with E-state index in [0.717, 1.165) is 0 Å². The molecule has 0 saturated heterocycles. The number of nitrogens with one attached hydrogen (secondary N) is 1. The third-order valence-corrected chi connectivity index (χ3v) is 3.90. The minimum absolute atomic E-state index is 0.186. The van der Waals surface area contributed by atoms with E-state index >= 15 is 0 Å². The Balaban J connectivity index is 2.25. The van der Waals surface area contributed by atoms with E-state index in [-0.39, 0.29) is 12.5 Å². The Labute approximate surface area is 132 Å². The number of rotatable bonds is 4. The number of aliphatic hydroxyl groups excluding tert-OH is 1. The number of nitrogens with zero attached hydrogens (tertiary/aromatic N) is 1. The van der Waals surface area contributed by atoms with E-state index < -0.39 is 0 Å². The van der Waals surface area contributed by atoms with Crippen LogP contribution in [-0.4, -0.2) is 22.7 Å². The van der Waals surface area contributed by atoms with Crippen molar-refractivity contribution in [3.63, 3.8) is 0 Å². The van der Waals surface area contributed by atoms with Crippen LogP contribution in [0, 0.1) is 0 Å². The number of benzene rings is 1. The van der Waals surface area contributed by atoms with Gasteiger partial charge in [0.05, 0.1) is 18.7 Å². The van der Waals surface area contributed by atoms with Crippen molar-refractivity contribution in [2.75, 3.05) is 12.4 Å². The van der Waals surface area contributed by atoms with E-state index in [9.17, 15) is 9.90 Å². The molecule has 2 rings (SSSR count). The van der Waals surface area contributed by atoms with Crippen molar-refractivity contribution < 1.29 is 14.6 Å². The highest BCUT2D eigenvalue weighted by atomic mass is 35.5. The highest BCUT2D eigenvalue weighted by Gasteiger charge is 2.16. The molecule has 1 amide bonds. The van der Waals surface area contributed by atoms with E-state index in [0.29, 0.717) is 32.9 Å². The highest BCUT2D eigenvalue weighted by molar-refractivity contribution is 6.42. The topological polar surface area (TPSA) is 63.5 Å². The lowest BCUT2D eigenvalue weighted by Gasteiger charge is -2.10. The second kappa shape index (κ2) is 6.39. The number of aliphatic hydroxyl groups is 1. The van der Waals surface area contributed by atoms with Crippen LogP contribution in [0.25, 0.3) is 0 Å². The first kappa shape index (κ1) is 15.7. The molecule has 7 heteroatoms. The van der Waals surface area contributed by atoms with Crippen LogP contribution in [0.5, 0.6) is 5.75 Å². The number of ether oxygens (including phenoxy) is 1. The molecule has 0 fully saturated rings. The predicted octanol–water partition coefficient (Wildman–Crippen LogP) is 3.09. The third kappa shape index (κ3) is 3.15. The van der Waals surface area contributed by atoms with E-state index in [1.807, 2.05) is 0 Å². The second-order valence-electron chi connectivity index (χ2n) is 4.37. The zero-order valence-corrected chi connectivity index (χ0v) is 13.0. The molecule has 112 valence electrons. The van der Waals surface area contributed by atoms with Crippen molar-refractivity contribution >= 4 is 34.8 Å². The molecule has 0 spiro atoms. The van der Waals surface area contributed by atoms with Gasteiger partial charge in [-0.05, 0) is 24.3 Å². The number of halogens is 2. The minimum atomic E-state index is -0.347. The minimum Gasteiger partial charge on any atom is -0.496 e. The maximum atomic E-state index is 12.2. The molecular weight excluding hydrogens is 315 g/mol. The fraction of sp³-hybridized carbons (Fsp3) is 0.214. The first-order valence-electron chi connectivity index (χ1n) is 6.07. The lowest BCUT2D eigenvalue weighted by atomic mass is 10.2. The Morgan fingerprint density at radius 1 is 1.38 bits per heavy atom. The summed E-state index contributed by atoms with van der Waals surface area (Å²) in [6, 6.07) is 6.49. The SMILES string of the molecule is COc1ccc(NC(=O)c2cc(Cl)c(Cl)n2C)cc1CO. The number of amides is 1. The zero-order chi connectivity index (χ0) is 15.6. The number of carbonyl (C=O) groups excluding carboxylic acids is 1. The molecule has 0 bridgehead atoms. The summed E-state index contributed by atoms with van der Waals surface area (Å²) in [5.41, 5.74) is 1.46. The number of hydrogen-bond donors (Lipinski definition) is 2. The second-order valence-corrected chi connectivity index (χ2v) is 5.13. The Bertz CT molecular complexity index is 683. The van der Waals surface area contributed by atoms with Gasteiger partial charge in [-0.25, -0.2) is 0 Å². The van der Waals surface area contributed by atoms with Crippen molar-refractivity contribution in [2.45, 2.75) is 6.61 Å². The first-order chi connectivity index (χ1) is 9.97. The lowest BCUT2D eigenvalue weighted by Crippen LogP contribution is -2.15. The average Bonchev–Trinajstić information content (AvgIpc) is 2.74. The van der Waals surface area contributed by atoms with E-state index in [1.54, 1.807) is 25.2 Å². The summed E-state index contributed by atoms with van der Waals surface area (Å²) in [7, 11) is 3.16. The Kier molecular flexibility index (Phi) is 4.77. The molecule has 0 aliphatic carbocycles. The summed E-state index contributed by atoms with van der Waals surface area (Å²) in [5.74, 6) is 0.209. The maximum Gasteiger partial charge on any atom is 0.272 e. The summed E-state index contributed by atoms with van der Waals surface area (Å²) < 4.78 is 6.60. The van der Waals surface area contributed by atoms with E-state index in [1.165, 1.54) is 17.7 Å². The number of methoxy groups -OCH3 is 1. The molecule has 1 aromatic heterocycles. The Hall–Kier alpha value is -1.69. The molecule has 2 N–H and O–H groups in total. The van der Waals surface area contributed by atoms with Crippen LogP contribution in [0.1, 0.15) is 16.1 Å². The molecule has 5 nitrogen and oxygen atoms in total. The highest BCUT2D eigenvalue weighted by Crippen LogP contribution is 2.27. The molecule has 1 heterocycles. The van der Waals surface area contributed by atoms with Crippen molar-refractivity contribution in [2.24, 2.45) is 7.05 Å². The molecule has 0 atom stereocenters. The molecule has 0 aliphatic heterocycles. The standard InChI is InChI=1S/C14H14Cl2N2O3/c1-18-11(6-10(15)13(18)16)14(20)17-9-3-4-12(21-2)8(5-9)7-19/h3-6,19H,7H2,1-2H3,(H,17,20). The summed E-state index contributed by atoms with van der Waals surface area (Å²) in [6.07, 6.45) is 0. The zero-order valence-electron chi connectivity index (χ0n) is 11.5. The van der Waals surface area contributed by atoms with Gasteiger partial charge in [0.1, 0.15) is 16.6 Å². The molecular formula is C14H14Cl2N2O3. The van der Waals surface area contributed by atoms with Gasteiger partial charge in [0.15, 0.2) is 0 Å². The van der Waals surface area contributed by atoms with Crippen molar-refractivity contribution in [3.8, 4) is 5.75 Å².